The molecule has 12 nitrogen and oxygen atoms in total. The molecule has 12 heteroatoms. The van der Waals surface area contributed by atoms with E-state index in [4.69, 9.17) is 15.3 Å². The van der Waals surface area contributed by atoms with Crippen LogP contribution in [-0.2, 0) is 7.05 Å². The number of benzene rings is 1. The molecule has 0 radical (unpaired) electrons. The van der Waals surface area contributed by atoms with Gasteiger partial charge in [0, 0.05) is 37.3 Å². The lowest BCUT2D eigenvalue weighted by atomic mass is 10.1. The SMILES string of the molecule is [2H]C([2H])([2H])NC(=O)c1nnc(N2CCN(C(C)C#C)C2=O)cc1Nc1cccc(-c2ncn(C)n2)c1OC. The molecule has 0 bridgehead atoms. The van der Waals surface area contributed by atoms with E-state index in [-0.39, 0.29) is 23.2 Å². The number of terminal acetylenes is 1. The maximum atomic E-state index is 13.0. The van der Waals surface area contributed by atoms with Gasteiger partial charge in [0.05, 0.1) is 30.1 Å². The third kappa shape index (κ3) is 4.43. The van der Waals surface area contributed by atoms with E-state index in [2.05, 4.69) is 31.5 Å². The molecule has 3 aromatic rings. The van der Waals surface area contributed by atoms with Gasteiger partial charge >= 0.3 is 6.03 Å². The quantitative estimate of drug-likeness (QED) is 0.490. The minimum atomic E-state index is -2.76. The highest BCUT2D eigenvalue weighted by molar-refractivity contribution is 6.00. The van der Waals surface area contributed by atoms with E-state index in [9.17, 15) is 9.59 Å². The van der Waals surface area contributed by atoms with Gasteiger partial charge in [-0.3, -0.25) is 14.4 Å². The molecule has 35 heavy (non-hydrogen) atoms. The number of nitrogens with zero attached hydrogens (tertiary/aromatic N) is 7. The van der Waals surface area contributed by atoms with Gasteiger partial charge in [-0.15, -0.1) is 16.6 Å². The summed E-state index contributed by atoms with van der Waals surface area (Å²) >= 11 is 0. The van der Waals surface area contributed by atoms with Gasteiger partial charge in [0.15, 0.2) is 23.1 Å². The van der Waals surface area contributed by atoms with E-state index in [0.717, 1.165) is 0 Å². The van der Waals surface area contributed by atoms with Crippen LogP contribution in [0.5, 0.6) is 5.75 Å². The number of para-hydroxylation sites is 1. The number of ether oxygens (including phenoxy) is 1. The Morgan fingerprint density at radius 2 is 2.14 bits per heavy atom. The summed E-state index contributed by atoms with van der Waals surface area (Å²) in [6.45, 7) is -0.349. The Labute approximate surface area is 206 Å². The number of carbonyl (C=O) groups is 2. The summed E-state index contributed by atoms with van der Waals surface area (Å²) in [6, 6.07) is 5.84. The summed E-state index contributed by atoms with van der Waals surface area (Å²) in [7, 11) is 3.20. The van der Waals surface area contributed by atoms with Crippen LogP contribution in [0, 0.1) is 12.3 Å². The first kappa shape index (κ1) is 19.8. The number of amides is 3. The number of aryl methyl sites for hydroxylation is 1. The third-order valence-electron chi connectivity index (χ3n) is 5.46. The second-order valence-corrected chi connectivity index (χ2v) is 7.64. The predicted molar refractivity (Wildman–Crippen MR) is 129 cm³/mol. The zero-order valence-corrected chi connectivity index (χ0v) is 19.3. The average Bonchev–Trinajstić information content (AvgIpc) is 3.47. The maximum absolute atomic E-state index is 13.0. The third-order valence-corrected chi connectivity index (χ3v) is 5.46. The molecule has 1 aromatic carbocycles. The van der Waals surface area contributed by atoms with Crippen LogP contribution in [0.1, 0.15) is 21.5 Å². The van der Waals surface area contributed by atoms with Crippen molar-refractivity contribution >= 4 is 29.1 Å². The van der Waals surface area contributed by atoms with E-state index < -0.39 is 18.9 Å². The lowest BCUT2D eigenvalue weighted by Crippen LogP contribution is -2.37. The monoisotopic (exact) mass is 478 g/mol. The van der Waals surface area contributed by atoms with Crippen molar-refractivity contribution in [3.63, 3.8) is 0 Å². The van der Waals surface area contributed by atoms with Crippen LogP contribution in [0.25, 0.3) is 11.4 Å². The number of hydrogen-bond donors (Lipinski definition) is 2. The van der Waals surface area contributed by atoms with E-state index in [1.54, 1.807) is 43.2 Å². The van der Waals surface area contributed by atoms with Crippen molar-refractivity contribution in [3.8, 4) is 29.5 Å². The smallest absolute Gasteiger partial charge is 0.326 e. The van der Waals surface area contributed by atoms with Crippen molar-refractivity contribution in [1.29, 1.82) is 0 Å². The lowest BCUT2D eigenvalue weighted by molar-refractivity contribution is 0.0958. The Balaban J connectivity index is 1.76. The van der Waals surface area contributed by atoms with Crippen LogP contribution >= 0.6 is 0 Å². The van der Waals surface area contributed by atoms with Crippen molar-refractivity contribution in [2.75, 3.05) is 37.4 Å². The fraction of sp³-hybridized carbons (Fsp3) is 0.304. The minimum Gasteiger partial charge on any atom is -0.494 e. The van der Waals surface area contributed by atoms with Gasteiger partial charge in [-0.05, 0) is 19.1 Å². The van der Waals surface area contributed by atoms with Gasteiger partial charge in [0.2, 0.25) is 0 Å². The maximum Gasteiger partial charge on any atom is 0.326 e. The molecule has 2 N–H and O–H groups in total. The molecular formula is C23H25N9O3. The molecule has 2 aromatic heterocycles. The molecule has 1 aliphatic heterocycles. The van der Waals surface area contributed by atoms with Crippen LogP contribution in [0.15, 0.2) is 30.6 Å². The first-order valence-electron chi connectivity index (χ1n) is 12.1. The highest BCUT2D eigenvalue weighted by Crippen LogP contribution is 2.37. The van der Waals surface area contributed by atoms with Crippen LogP contribution < -0.4 is 20.3 Å². The minimum absolute atomic E-state index is 0.0948. The predicted octanol–water partition coefficient (Wildman–Crippen LogP) is 1.65. The highest BCUT2D eigenvalue weighted by Gasteiger charge is 2.33. The first-order chi connectivity index (χ1) is 18.0. The number of anilines is 3. The number of hydrogen-bond acceptors (Lipinski definition) is 8. The van der Waals surface area contributed by atoms with Crippen molar-refractivity contribution in [2.24, 2.45) is 7.05 Å². The zero-order valence-electron chi connectivity index (χ0n) is 22.3. The largest absolute Gasteiger partial charge is 0.494 e. The van der Waals surface area contributed by atoms with Gasteiger partial charge in [0.25, 0.3) is 5.91 Å². The number of aromatic nitrogens is 5. The second-order valence-electron chi connectivity index (χ2n) is 7.64. The molecule has 1 saturated heterocycles. The van der Waals surface area contributed by atoms with Gasteiger partial charge in [-0.25, -0.2) is 9.78 Å². The Kier molecular flexibility index (Phi) is 5.47. The summed E-state index contributed by atoms with van der Waals surface area (Å²) in [5.41, 5.74) is 0.781. The summed E-state index contributed by atoms with van der Waals surface area (Å²) in [4.78, 5) is 32.9. The normalized spacial score (nSPS) is 15.6. The van der Waals surface area contributed by atoms with Crippen molar-refractivity contribution in [1.82, 2.24) is 35.2 Å². The summed E-state index contributed by atoms with van der Waals surface area (Å²) < 4.78 is 29.4. The molecule has 1 unspecified atom stereocenters. The number of methoxy groups -OCH3 is 1. The van der Waals surface area contributed by atoms with E-state index in [1.165, 1.54) is 23.0 Å². The van der Waals surface area contributed by atoms with Crippen LogP contribution in [-0.4, -0.2) is 75.0 Å². The van der Waals surface area contributed by atoms with Crippen molar-refractivity contribution in [3.05, 3.63) is 36.3 Å². The van der Waals surface area contributed by atoms with Crippen LogP contribution in [0.3, 0.4) is 0 Å². The molecule has 3 amide bonds. The molecule has 3 heterocycles. The topological polar surface area (TPSA) is 130 Å². The van der Waals surface area contributed by atoms with Crippen molar-refractivity contribution in [2.45, 2.75) is 13.0 Å². The molecule has 180 valence electrons. The average molecular weight is 479 g/mol. The second kappa shape index (κ2) is 9.68. The molecule has 1 aliphatic rings. The number of rotatable bonds is 7. The summed E-state index contributed by atoms with van der Waals surface area (Å²) in [6.07, 6.45) is 7.03. The molecule has 0 aliphatic carbocycles. The van der Waals surface area contributed by atoms with E-state index in [0.29, 0.717) is 35.9 Å². The number of carbonyl (C=O) groups excluding carboxylic acids is 2. The molecule has 4 rings (SSSR count). The standard InChI is InChI=1S/C23H25N9O3/c1-6-14(2)31-10-11-32(23(31)34)18-12-17(19(28-27-18)22(33)24-3)26-16-9-7-8-15(20(16)35-5)21-25-13-30(4)29-21/h1,7-9,12-14H,10-11H2,2-5H3,(H,24,33)(H,26,27)/i3D3. The fourth-order valence-electron chi connectivity index (χ4n) is 3.69. The van der Waals surface area contributed by atoms with Crippen molar-refractivity contribution < 1.29 is 18.4 Å². The Morgan fingerprint density at radius 3 is 2.83 bits per heavy atom. The summed E-state index contributed by atoms with van der Waals surface area (Å²) in [5.74, 6) is 2.47. The Bertz CT molecular complexity index is 1420. The first-order valence-corrected chi connectivity index (χ1v) is 10.6. The number of urea groups is 1. The molecule has 1 fully saturated rings. The van der Waals surface area contributed by atoms with E-state index >= 15 is 0 Å². The van der Waals surface area contributed by atoms with Crippen LogP contribution in [0.2, 0.25) is 0 Å². The Morgan fingerprint density at radius 1 is 1.31 bits per heavy atom. The molecule has 0 spiro atoms. The fourth-order valence-corrected chi connectivity index (χ4v) is 3.69. The zero-order chi connectivity index (χ0) is 27.6. The number of nitrogens with one attached hydrogen (secondary N) is 2. The summed E-state index contributed by atoms with van der Waals surface area (Å²) in [5, 5.41) is 17.3. The Hall–Kier alpha value is -4.66. The van der Waals surface area contributed by atoms with Crippen LogP contribution in [0.4, 0.5) is 22.0 Å². The van der Waals surface area contributed by atoms with Gasteiger partial charge in [-0.1, -0.05) is 12.0 Å². The van der Waals surface area contributed by atoms with E-state index in [1.807, 2.05) is 5.32 Å². The highest BCUT2D eigenvalue weighted by atomic mass is 16.5. The van der Waals surface area contributed by atoms with Gasteiger partial charge in [0.1, 0.15) is 6.33 Å². The lowest BCUT2D eigenvalue weighted by Gasteiger charge is -2.21. The van der Waals surface area contributed by atoms with Gasteiger partial charge < -0.3 is 20.3 Å². The molecule has 0 saturated carbocycles. The molecular weight excluding hydrogens is 450 g/mol. The van der Waals surface area contributed by atoms with Gasteiger partial charge in [-0.2, -0.15) is 5.10 Å². The molecule has 1 atom stereocenters.